The lowest BCUT2D eigenvalue weighted by Crippen LogP contribution is -2.47. The Balaban J connectivity index is 1.30. The van der Waals surface area contributed by atoms with Crippen LogP contribution in [-0.2, 0) is 21.5 Å². The van der Waals surface area contributed by atoms with Gasteiger partial charge in [0.15, 0.2) is 0 Å². The van der Waals surface area contributed by atoms with Crippen LogP contribution < -0.4 is 10.6 Å². The van der Waals surface area contributed by atoms with Gasteiger partial charge in [-0.25, -0.2) is 4.79 Å². The molecule has 2 N–H and O–H groups in total. The van der Waals surface area contributed by atoms with E-state index in [2.05, 4.69) is 17.6 Å². The summed E-state index contributed by atoms with van der Waals surface area (Å²) in [6.07, 6.45) is 8.41. The predicted octanol–water partition coefficient (Wildman–Crippen LogP) is 3.10. The van der Waals surface area contributed by atoms with Crippen LogP contribution in [0.15, 0.2) is 24.3 Å². The van der Waals surface area contributed by atoms with Gasteiger partial charge in [-0.15, -0.1) is 0 Å². The van der Waals surface area contributed by atoms with Crippen LogP contribution in [0.3, 0.4) is 0 Å². The number of carbonyl (C=O) groups excluding carboxylic acids is 3. The standard InChI is InChI=1S/C24H31N3O3/c1-15(19-13-16-9-10-18(19)12-16)25-21(28)14-27-22(29)24(26-23(27)30)11-5-4-7-17-6-2-3-8-20(17)24/h2-3,6,8,15-16,18-19H,4-5,7,9-14H2,1H3,(H,25,28)(H,26,30)/t15-,16-,18-,19+,24+/m0/s1. The molecular weight excluding hydrogens is 378 g/mol. The third-order valence-corrected chi connectivity index (χ3v) is 8.03. The monoisotopic (exact) mass is 409 g/mol. The summed E-state index contributed by atoms with van der Waals surface area (Å²) in [6, 6.07) is 7.49. The van der Waals surface area contributed by atoms with Crippen molar-refractivity contribution in [3.05, 3.63) is 35.4 Å². The molecule has 0 aromatic heterocycles. The first kappa shape index (κ1) is 19.6. The minimum atomic E-state index is -1.03. The Morgan fingerprint density at radius 3 is 2.83 bits per heavy atom. The molecule has 1 spiro atoms. The van der Waals surface area contributed by atoms with E-state index in [-0.39, 0.29) is 24.4 Å². The molecular formula is C24H31N3O3. The molecule has 0 unspecified atom stereocenters. The molecule has 160 valence electrons. The molecule has 2 saturated carbocycles. The number of benzene rings is 1. The van der Waals surface area contributed by atoms with Crippen molar-refractivity contribution in [1.82, 2.24) is 15.5 Å². The van der Waals surface area contributed by atoms with Gasteiger partial charge in [-0.3, -0.25) is 14.5 Å². The quantitative estimate of drug-likeness (QED) is 0.750. The van der Waals surface area contributed by atoms with Crippen molar-refractivity contribution in [2.24, 2.45) is 17.8 Å². The number of hydrogen-bond donors (Lipinski definition) is 2. The van der Waals surface area contributed by atoms with Crippen molar-refractivity contribution in [1.29, 1.82) is 0 Å². The summed E-state index contributed by atoms with van der Waals surface area (Å²) in [7, 11) is 0. The van der Waals surface area contributed by atoms with Gasteiger partial charge in [-0.05, 0) is 80.8 Å². The lowest BCUT2D eigenvalue weighted by molar-refractivity contribution is -0.135. The van der Waals surface area contributed by atoms with Gasteiger partial charge in [0, 0.05) is 6.04 Å². The van der Waals surface area contributed by atoms with Gasteiger partial charge in [0.1, 0.15) is 12.1 Å². The van der Waals surface area contributed by atoms with Gasteiger partial charge in [0.2, 0.25) is 5.91 Å². The van der Waals surface area contributed by atoms with Crippen molar-refractivity contribution >= 4 is 17.8 Å². The molecule has 2 bridgehead atoms. The molecule has 5 rings (SSSR count). The first-order chi connectivity index (χ1) is 14.5. The van der Waals surface area contributed by atoms with E-state index in [1.165, 1.54) is 25.7 Å². The van der Waals surface area contributed by atoms with Crippen LogP contribution in [-0.4, -0.2) is 35.3 Å². The van der Waals surface area contributed by atoms with Gasteiger partial charge in [-0.2, -0.15) is 0 Å². The zero-order valence-electron chi connectivity index (χ0n) is 17.7. The number of amides is 4. The van der Waals surface area contributed by atoms with E-state index < -0.39 is 11.6 Å². The van der Waals surface area contributed by atoms with Gasteiger partial charge in [-0.1, -0.05) is 30.7 Å². The molecule has 1 aliphatic heterocycles. The Morgan fingerprint density at radius 2 is 2.07 bits per heavy atom. The number of nitrogens with one attached hydrogen (secondary N) is 2. The molecule has 3 fully saturated rings. The third-order valence-electron chi connectivity index (χ3n) is 8.03. The number of nitrogens with zero attached hydrogens (tertiary/aromatic N) is 1. The molecule has 4 aliphatic rings. The lowest BCUT2D eigenvalue weighted by atomic mass is 9.84. The summed E-state index contributed by atoms with van der Waals surface area (Å²) in [5, 5.41) is 6.04. The van der Waals surface area contributed by atoms with Crippen LogP contribution >= 0.6 is 0 Å². The van der Waals surface area contributed by atoms with Crippen molar-refractivity contribution in [3.8, 4) is 0 Å². The van der Waals surface area contributed by atoms with Gasteiger partial charge in [0.25, 0.3) is 5.91 Å². The second-order valence-corrected chi connectivity index (χ2v) is 9.79. The fourth-order valence-corrected chi connectivity index (χ4v) is 6.57. The zero-order chi connectivity index (χ0) is 20.9. The molecule has 1 aromatic rings. The molecule has 6 nitrogen and oxygen atoms in total. The largest absolute Gasteiger partial charge is 0.352 e. The fourth-order valence-electron chi connectivity index (χ4n) is 6.57. The zero-order valence-corrected chi connectivity index (χ0v) is 17.7. The molecule has 1 aromatic carbocycles. The van der Waals surface area contributed by atoms with E-state index >= 15 is 0 Å². The van der Waals surface area contributed by atoms with Crippen LogP contribution in [0, 0.1) is 17.8 Å². The molecule has 5 atom stereocenters. The van der Waals surface area contributed by atoms with Crippen LogP contribution in [0.25, 0.3) is 0 Å². The number of urea groups is 1. The first-order valence-electron chi connectivity index (χ1n) is 11.5. The van der Waals surface area contributed by atoms with Crippen molar-refractivity contribution in [2.75, 3.05) is 6.54 Å². The van der Waals surface area contributed by atoms with E-state index in [1.54, 1.807) is 0 Å². The molecule has 1 saturated heterocycles. The van der Waals surface area contributed by atoms with Gasteiger partial charge >= 0.3 is 6.03 Å². The van der Waals surface area contributed by atoms with E-state index in [9.17, 15) is 14.4 Å². The summed E-state index contributed by atoms with van der Waals surface area (Å²) < 4.78 is 0. The molecule has 1 heterocycles. The Hall–Kier alpha value is -2.37. The number of aryl methyl sites for hydroxylation is 1. The fraction of sp³-hybridized carbons (Fsp3) is 0.625. The predicted molar refractivity (Wildman–Crippen MR) is 112 cm³/mol. The number of fused-ring (bicyclic) bond motifs is 4. The van der Waals surface area contributed by atoms with Gasteiger partial charge in [0.05, 0.1) is 0 Å². The maximum absolute atomic E-state index is 13.5. The molecule has 30 heavy (non-hydrogen) atoms. The normalized spacial score (nSPS) is 33.4. The SMILES string of the molecule is C[C@H](NC(=O)CN1C(=O)N[C@@]2(CCCCc3ccccc32)C1=O)[C@H]1C[C@H]2CC[C@H]1C2. The first-order valence-corrected chi connectivity index (χ1v) is 11.5. The van der Waals surface area contributed by atoms with Crippen LogP contribution in [0.5, 0.6) is 0 Å². The molecule has 4 amide bonds. The molecule has 0 radical (unpaired) electrons. The van der Waals surface area contributed by atoms with E-state index in [1.807, 2.05) is 24.3 Å². The summed E-state index contributed by atoms with van der Waals surface area (Å²) in [4.78, 5) is 40.1. The second-order valence-electron chi connectivity index (χ2n) is 9.79. The van der Waals surface area contributed by atoms with Crippen LogP contribution in [0.4, 0.5) is 4.79 Å². The van der Waals surface area contributed by atoms with Crippen molar-refractivity contribution in [2.45, 2.75) is 69.9 Å². The smallest absolute Gasteiger partial charge is 0.325 e. The van der Waals surface area contributed by atoms with Crippen molar-refractivity contribution < 1.29 is 14.4 Å². The van der Waals surface area contributed by atoms with E-state index in [4.69, 9.17) is 0 Å². The van der Waals surface area contributed by atoms with E-state index in [0.29, 0.717) is 18.3 Å². The third kappa shape index (κ3) is 3.12. The number of imide groups is 1. The highest BCUT2D eigenvalue weighted by Crippen LogP contribution is 2.49. The number of rotatable bonds is 4. The Labute approximate surface area is 177 Å². The van der Waals surface area contributed by atoms with Gasteiger partial charge < -0.3 is 10.6 Å². The highest BCUT2D eigenvalue weighted by Gasteiger charge is 2.53. The highest BCUT2D eigenvalue weighted by atomic mass is 16.2. The number of hydrogen-bond acceptors (Lipinski definition) is 3. The molecule has 6 heteroatoms. The average molecular weight is 410 g/mol. The average Bonchev–Trinajstić information content (AvgIpc) is 3.38. The minimum Gasteiger partial charge on any atom is -0.352 e. The van der Waals surface area contributed by atoms with Crippen molar-refractivity contribution in [3.63, 3.8) is 0 Å². The van der Waals surface area contributed by atoms with E-state index in [0.717, 1.165) is 41.2 Å². The summed E-state index contributed by atoms with van der Waals surface area (Å²) in [6.45, 7) is 1.86. The minimum absolute atomic E-state index is 0.0844. The second kappa shape index (κ2) is 7.40. The Bertz CT molecular complexity index is 884. The summed E-state index contributed by atoms with van der Waals surface area (Å²) >= 11 is 0. The summed E-state index contributed by atoms with van der Waals surface area (Å²) in [5.41, 5.74) is 0.972. The van der Waals surface area contributed by atoms with Crippen LogP contribution in [0.1, 0.15) is 63.0 Å². The topological polar surface area (TPSA) is 78.5 Å². The maximum Gasteiger partial charge on any atom is 0.325 e. The lowest BCUT2D eigenvalue weighted by Gasteiger charge is -2.29. The summed E-state index contributed by atoms with van der Waals surface area (Å²) in [5.74, 6) is 1.53. The Kier molecular flexibility index (Phi) is 4.83. The van der Waals surface area contributed by atoms with Crippen LogP contribution in [0.2, 0.25) is 0 Å². The molecule has 3 aliphatic carbocycles. The highest BCUT2D eigenvalue weighted by molar-refractivity contribution is 6.09. The number of carbonyl (C=O) groups is 3. The maximum atomic E-state index is 13.5. The Morgan fingerprint density at radius 1 is 1.23 bits per heavy atom.